The Morgan fingerprint density at radius 3 is 2.64 bits per heavy atom. The number of hydrogen-bond donors (Lipinski definition) is 3. The monoisotopic (exact) mass is 537 g/mol. The number of carbonyl (C=O) groups is 2. The van der Waals surface area contributed by atoms with Gasteiger partial charge in [-0.15, -0.1) is 0 Å². The summed E-state index contributed by atoms with van der Waals surface area (Å²) in [5.41, 5.74) is 2.00. The summed E-state index contributed by atoms with van der Waals surface area (Å²) in [4.78, 5) is 31.5. The van der Waals surface area contributed by atoms with Gasteiger partial charge in [0.15, 0.2) is 0 Å². The third kappa shape index (κ3) is 6.84. The summed E-state index contributed by atoms with van der Waals surface area (Å²) in [5, 5.41) is 18.0. The number of fused-ring (bicyclic) bond motifs is 1. The molecule has 210 valence electrons. The molecule has 8 nitrogen and oxygen atoms in total. The number of piperidine rings is 1. The van der Waals surface area contributed by atoms with Crippen molar-refractivity contribution in [2.24, 2.45) is 0 Å². The maximum Gasteiger partial charge on any atom is 0.226 e. The molecule has 2 aromatic carbocycles. The summed E-state index contributed by atoms with van der Waals surface area (Å²) in [6.07, 6.45) is 1.56. The van der Waals surface area contributed by atoms with E-state index in [1.54, 1.807) is 11.0 Å². The first-order valence-corrected chi connectivity index (χ1v) is 14.1. The molecule has 0 aromatic heterocycles. The minimum Gasteiger partial charge on any atom is -0.388 e. The highest BCUT2D eigenvalue weighted by Crippen LogP contribution is 2.27. The van der Waals surface area contributed by atoms with Crippen molar-refractivity contribution in [3.05, 3.63) is 71.0 Å². The molecular formula is C30H40FN5O3. The van der Waals surface area contributed by atoms with Crippen LogP contribution in [0.4, 0.5) is 4.39 Å². The van der Waals surface area contributed by atoms with Gasteiger partial charge < -0.3 is 20.2 Å². The largest absolute Gasteiger partial charge is 0.388 e. The minimum absolute atomic E-state index is 0.00511. The van der Waals surface area contributed by atoms with Crippen molar-refractivity contribution >= 4 is 11.8 Å². The number of halogens is 1. The highest BCUT2D eigenvalue weighted by Gasteiger charge is 2.38. The van der Waals surface area contributed by atoms with Gasteiger partial charge in [-0.05, 0) is 36.0 Å². The molecule has 0 aliphatic carbocycles. The second kappa shape index (κ2) is 12.1. The number of likely N-dealkylation sites (tertiary alicyclic amines) is 1. The molecule has 2 amide bonds. The first-order chi connectivity index (χ1) is 18.8. The van der Waals surface area contributed by atoms with Gasteiger partial charge in [-0.25, -0.2) is 4.39 Å². The Morgan fingerprint density at radius 2 is 1.92 bits per heavy atom. The molecule has 5 rings (SSSR count). The van der Waals surface area contributed by atoms with Crippen LogP contribution < -0.4 is 10.6 Å². The summed E-state index contributed by atoms with van der Waals surface area (Å²) < 4.78 is 14.0. The normalized spacial score (nSPS) is 22.1. The molecule has 3 aliphatic rings. The molecule has 9 heteroatoms. The number of rotatable bonds is 9. The van der Waals surface area contributed by atoms with Gasteiger partial charge in [0.25, 0.3) is 0 Å². The predicted molar refractivity (Wildman–Crippen MR) is 147 cm³/mol. The van der Waals surface area contributed by atoms with Gasteiger partial charge in [-0.3, -0.25) is 19.8 Å². The maximum absolute atomic E-state index is 14.0. The quantitative estimate of drug-likeness (QED) is 0.455. The van der Waals surface area contributed by atoms with Crippen molar-refractivity contribution in [2.45, 2.75) is 63.4 Å². The van der Waals surface area contributed by atoms with E-state index in [1.807, 2.05) is 41.3 Å². The van der Waals surface area contributed by atoms with E-state index in [9.17, 15) is 19.1 Å². The topological polar surface area (TPSA) is 88.2 Å². The highest BCUT2D eigenvalue weighted by atomic mass is 19.1. The van der Waals surface area contributed by atoms with E-state index in [0.717, 1.165) is 29.8 Å². The number of benzene rings is 2. The van der Waals surface area contributed by atoms with Gasteiger partial charge in [0, 0.05) is 51.3 Å². The molecule has 0 spiro atoms. The predicted octanol–water partition coefficient (Wildman–Crippen LogP) is 2.38. The number of nitrogens with zero attached hydrogens (tertiary/aromatic N) is 3. The molecule has 0 radical (unpaired) electrons. The van der Waals surface area contributed by atoms with Crippen molar-refractivity contribution in [2.75, 3.05) is 39.4 Å². The Balaban J connectivity index is 1.01. The summed E-state index contributed by atoms with van der Waals surface area (Å²) in [6.45, 7) is 6.52. The van der Waals surface area contributed by atoms with E-state index in [0.29, 0.717) is 58.5 Å². The van der Waals surface area contributed by atoms with Crippen LogP contribution in [0.25, 0.3) is 0 Å². The van der Waals surface area contributed by atoms with E-state index >= 15 is 0 Å². The second-order valence-corrected chi connectivity index (χ2v) is 11.4. The van der Waals surface area contributed by atoms with E-state index in [2.05, 4.69) is 22.5 Å². The van der Waals surface area contributed by atoms with Gasteiger partial charge in [0.05, 0.1) is 31.4 Å². The third-order valence-electron chi connectivity index (χ3n) is 8.45. The van der Waals surface area contributed by atoms with Gasteiger partial charge in [-0.1, -0.05) is 49.4 Å². The van der Waals surface area contributed by atoms with Crippen LogP contribution in [0.3, 0.4) is 0 Å². The highest BCUT2D eigenvalue weighted by molar-refractivity contribution is 5.78. The lowest BCUT2D eigenvalue weighted by Crippen LogP contribution is -2.61. The van der Waals surface area contributed by atoms with Gasteiger partial charge in [-0.2, -0.15) is 0 Å². The van der Waals surface area contributed by atoms with Crippen LogP contribution >= 0.6 is 0 Å². The number of nitrogens with one attached hydrogen (secondary N) is 2. The lowest BCUT2D eigenvalue weighted by atomic mass is 9.89. The Labute approximate surface area is 230 Å². The van der Waals surface area contributed by atoms with Gasteiger partial charge >= 0.3 is 0 Å². The zero-order chi connectivity index (χ0) is 27.4. The molecule has 3 aliphatic heterocycles. The van der Waals surface area contributed by atoms with Gasteiger partial charge in [0.2, 0.25) is 11.8 Å². The number of amides is 2. The van der Waals surface area contributed by atoms with E-state index in [-0.39, 0.29) is 36.3 Å². The summed E-state index contributed by atoms with van der Waals surface area (Å²) in [5.74, 6) is 0.124. The molecule has 2 fully saturated rings. The molecule has 1 unspecified atom stereocenters. The van der Waals surface area contributed by atoms with E-state index in [4.69, 9.17) is 0 Å². The van der Waals surface area contributed by atoms with Crippen molar-refractivity contribution in [1.29, 1.82) is 0 Å². The summed E-state index contributed by atoms with van der Waals surface area (Å²) >= 11 is 0. The third-order valence-corrected chi connectivity index (χ3v) is 8.45. The van der Waals surface area contributed by atoms with Crippen LogP contribution in [0.1, 0.15) is 55.2 Å². The zero-order valence-corrected chi connectivity index (χ0v) is 22.7. The lowest BCUT2D eigenvalue weighted by molar-refractivity contribution is -0.145. The van der Waals surface area contributed by atoms with Crippen molar-refractivity contribution in [3.8, 4) is 0 Å². The van der Waals surface area contributed by atoms with Crippen LogP contribution in [0.5, 0.6) is 0 Å². The SMILES string of the molecule is C[C@H](CC(=O)N1CCC(O)(CN2CNC(NCCN3Cc4cccc(F)c4C3)CC2=O)CC1)c1ccccc1. The molecule has 3 heterocycles. The fourth-order valence-electron chi connectivity index (χ4n) is 5.95. The summed E-state index contributed by atoms with van der Waals surface area (Å²) in [7, 11) is 0. The molecular weight excluding hydrogens is 497 g/mol. The van der Waals surface area contributed by atoms with E-state index < -0.39 is 5.60 Å². The smallest absolute Gasteiger partial charge is 0.226 e. The van der Waals surface area contributed by atoms with Crippen LogP contribution in [0, 0.1) is 5.82 Å². The Morgan fingerprint density at radius 1 is 1.15 bits per heavy atom. The van der Waals surface area contributed by atoms with Crippen LogP contribution in [0.2, 0.25) is 0 Å². The van der Waals surface area contributed by atoms with E-state index in [1.165, 1.54) is 6.07 Å². The minimum atomic E-state index is -0.987. The average molecular weight is 538 g/mol. The van der Waals surface area contributed by atoms with Crippen molar-refractivity contribution < 1.29 is 19.1 Å². The number of β-amino-alcohol motifs (C(OH)–C–C–N with tert-alkyl or cyclic N) is 1. The van der Waals surface area contributed by atoms with Crippen LogP contribution in [0.15, 0.2) is 48.5 Å². The van der Waals surface area contributed by atoms with Crippen molar-refractivity contribution in [3.63, 3.8) is 0 Å². The summed E-state index contributed by atoms with van der Waals surface area (Å²) in [6, 6.07) is 15.3. The fraction of sp³-hybridized carbons (Fsp3) is 0.533. The maximum atomic E-state index is 14.0. The Bertz CT molecular complexity index is 1150. The van der Waals surface area contributed by atoms with Crippen LogP contribution in [-0.4, -0.2) is 82.8 Å². The molecule has 39 heavy (non-hydrogen) atoms. The molecule has 2 atom stereocenters. The Hall–Kier alpha value is -2.85. The number of carbonyl (C=O) groups excluding carboxylic acids is 2. The van der Waals surface area contributed by atoms with Gasteiger partial charge in [0.1, 0.15) is 5.82 Å². The molecule has 3 N–H and O–H groups in total. The fourth-order valence-corrected chi connectivity index (χ4v) is 5.95. The lowest BCUT2D eigenvalue weighted by Gasteiger charge is -2.43. The van der Waals surface area contributed by atoms with Crippen molar-refractivity contribution in [1.82, 2.24) is 25.3 Å². The molecule has 2 saturated heterocycles. The number of aliphatic hydroxyl groups is 1. The first kappa shape index (κ1) is 27.7. The average Bonchev–Trinajstić information content (AvgIpc) is 3.35. The zero-order valence-electron chi connectivity index (χ0n) is 22.7. The first-order valence-electron chi connectivity index (χ1n) is 14.1. The molecule has 2 aromatic rings. The van der Waals surface area contributed by atoms with Crippen LogP contribution in [-0.2, 0) is 22.7 Å². The molecule has 0 bridgehead atoms. The standard InChI is InChI=1S/C30H40FN5O3/c1-22(23-6-3-2-4-7-23)16-28(37)35-13-10-30(39,11-14-35)20-36-21-33-27(17-29(36)38)32-12-15-34-18-24-8-5-9-26(31)25(24)19-34/h2-9,22,27,32-33,39H,10-21H2,1H3/t22-,27?/m1/s1. The number of hydrogen-bond acceptors (Lipinski definition) is 6. The second-order valence-electron chi connectivity index (χ2n) is 11.4. The Kier molecular flexibility index (Phi) is 8.61. The molecule has 0 saturated carbocycles.